The number of carbonyl (C=O) groups is 2. The summed E-state index contributed by atoms with van der Waals surface area (Å²) in [6, 6.07) is 13.3. The van der Waals surface area contributed by atoms with Crippen LogP contribution in [0.4, 0.5) is 18.0 Å². The van der Waals surface area contributed by atoms with Gasteiger partial charge in [0.05, 0.1) is 5.56 Å². The van der Waals surface area contributed by atoms with Crippen molar-refractivity contribution in [1.82, 2.24) is 4.90 Å². The molecule has 35 heavy (non-hydrogen) atoms. The highest BCUT2D eigenvalue weighted by Gasteiger charge is 2.41. The van der Waals surface area contributed by atoms with E-state index in [4.69, 9.17) is 9.16 Å². The molecule has 190 valence electrons. The SMILES string of the molecule is CC(C)(C)[Si](C)(C)OC[C@H](CC(=O)N1C(=O)OC[C@@H]1c1ccccc1)c1ccc(C(F)(F)F)cc1. The number of rotatable bonds is 7. The largest absolute Gasteiger partial charge is 0.446 e. The molecule has 0 spiro atoms. The van der Waals surface area contributed by atoms with E-state index in [0.717, 1.165) is 22.6 Å². The summed E-state index contributed by atoms with van der Waals surface area (Å²) < 4.78 is 50.8. The van der Waals surface area contributed by atoms with Gasteiger partial charge in [-0.05, 0) is 41.4 Å². The Morgan fingerprint density at radius 1 is 1.09 bits per heavy atom. The van der Waals surface area contributed by atoms with E-state index in [1.54, 1.807) is 0 Å². The van der Waals surface area contributed by atoms with Crippen molar-refractivity contribution in [3.05, 3.63) is 71.3 Å². The molecular formula is C26H32F3NO4Si. The molecule has 1 fully saturated rings. The number of ether oxygens (including phenoxy) is 1. The number of hydrogen-bond donors (Lipinski definition) is 0. The number of halogens is 3. The maximum atomic E-state index is 13.4. The molecule has 1 aliphatic heterocycles. The van der Waals surface area contributed by atoms with Crippen molar-refractivity contribution >= 4 is 20.3 Å². The van der Waals surface area contributed by atoms with Crippen LogP contribution in [0.5, 0.6) is 0 Å². The molecule has 0 aromatic heterocycles. The topological polar surface area (TPSA) is 55.8 Å². The first kappa shape index (κ1) is 26.9. The second kappa shape index (κ2) is 10.1. The smallest absolute Gasteiger partial charge is 0.417 e. The second-order valence-electron chi connectivity index (χ2n) is 10.4. The molecule has 0 N–H and O–H groups in total. The third kappa shape index (κ3) is 6.32. The molecule has 1 saturated heterocycles. The average molecular weight is 508 g/mol. The molecule has 0 radical (unpaired) electrons. The van der Waals surface area contributed by atoms with E-state index < -0.39 is 44.0 Å². The first-order valence-corrected chi connectivity index (χ1v) is 14.5. The van der Waals surface area contributed by atoms with Gasteiger partial charge in [0, 0.05) is 18.9 Å². The first-order chi connectivity index (χ1) is 16.2. The third-order valence-electron chi connectivity index (χ3n) is 6.91. The Balaban J connectivity index is 1.86. The molecule has 2 aromatic carbocycles. The number of hydrogen-bond acceptors (Lipinski definition) is 4. The van der Waals surface area contributed by atoms with Crippen LogP contribution in [0.15, 0.2) is 54.6 Å². The molecule has 5 nitrogen and oxygen atoms in total. The van der Waals surface area contributed by atoms with Crippen molar-refractivity contribution in [2.24, 2.45) is 0 Å². The fraction of sp³-hybridized carbons (Fsp3) is 0.462. The van der Waals surface area contributed by atoms with Crippen LogP contribution in [0.25, 0.3) is 0 Å². The van der Waals surface area contributed by atoms with E-state index in [-0.39, 0.29) is 24.7 Å². The van der Waals surface area contributed by atoms with Gasteiger partial charge in [-0.3, -0.25) is 4.79 Å². The van der Waals surface area contributed by atoms with Gasteiger partial charge in [-0.2, -0.15) is 13.2 Å². The van der Waals surface area contributed by atoms with Crippen LogP contribution in [0.1, 0.15) is 55.8 Å². The van der Waals surface area contributed by atoms with Crippen molar-refractivity contribution in [3.8, 4) is 0 Å². The number of alkyl halides is 3. The molecule has 2 aromatic rings. The lowest BCUT2D eigenvalue weighted by molar-refractivity contribution is -0.137. The number of carbonyl (C=O) groups excluding carboxylic acids is 2. The van der Waals surface area contributed by atoms with E-state index >= 15 is 0 Å². The van der Waals surface area contributed by atoms with E-state index in [1.165, 1.54) is 12.1 Å². The van der Waals surface area contributed by atoms with Gasteiger partial charge >= 0.3 is 12.3 Å². The van der Waals surface area contributed by atoms with Gasteiger partial charge in [-0.25, -0.2) is 9.69 Å². The fourth-order valence-electron chi connectivity index (χ4n) is 3.67. The molecule has 0 bridgehead atoms. The van der Waals surface area contributed by atoms with Crippen LogP contribution in [-0.4, -0.2) is 38.4 Å². The zero-order valence-corrected chi connectivity index (χ0v) is 21.7. The lowest BCUT2D eigenvalue weighted by Crippen LogP contribution is -2.42. The molecular weight excluding hydrogens is 475 g/mol. The predicted molar refractivity (Wildman–Crippen MR) is 129 cm³/mol. The first-order valence-electron chi connectivity index (χ1n) is 11.6. The van der Waals surface area contributed by atoms with Crippen LogP contribution in [0.2, 0.25) is 18.1 Å². The van der Waals surface area contributed by atoms with Crippen molar-refractivity contribution in [2.45, 2.75) is 63.5 Å². The average Bonchev–Trinajstić information content (AvgIpc) is 3.17. The van der Waals surface area contributed by atoms with Crippen LogP contribution in [0, 0.1) is 0 Å². The van der Waals surface area contributed by atoms with Crippen molar-refractivity contribution in [1.29, 1.82) is 0 Å². The lowest BCUT2D eigenvalue weighted by Gasteiger charge is -2.37. The Morgan fingerprint density at radius 2 is 1.69 bits per heavy atom. The standard InChI is InChI=1S/C26H32F3NO4Si/c1-25(2,3)35(4,5)34-16-20(18-11-13-21(14-12-18)26(27,28)29)15-23(31)30-22(17-33-24(30)32)19-9-7-6-8-10-19/h6-14,20,22H,15-17H2,1-5H3/t20-,22+/m0/s1. The monoisotopic (exact) mass is 507 g/mol. The highest BCUT2D eigenvalue weighted by atomic mass is 28.4. The maximum absolute atomic E-state index is 13.4. The van der Waals surface area contributed by atoms with Gasteiger partial charge in [-0.15, -0.1) is 0 Å². The summed E-state index contributed by atoms with van der Waals surface area (Å²) in [4.78, 5) is 26.9. The summed E-state index contributed by atoms with van der Waals surface area (Å²) >= 11 is 0. The molecule has 0 saturated carbocycles. The minimum atomic E-state index is -4.45. The van der Waals surface area contributed by atoms with Gasteiger partial charge in [0.1, 0.15) is 12.6 Å². The quantitative estimate of drug-likeness (QED) is 0.382. The molecule has 2 atom stereocenters. The summed E-state index contributed by atoms with van der Waals surface area (Å²) in [5.74, 6) is -0.978. The van der Waals surface area contributed by atoms with E-state index in [2.05, 4.69) is 33.9 Å². The summed E-state index contributed by atoms with van der Waals surface area (Å²) in [7, 11) is -2.20. The van der Waals surface area contributed by atoms with Gasteiger partial charge in [0.2, 0.25) is 5.91 Å². The van der Waals surface area contributed by atoms with Crippen molar-refractivity contribution in [2.75, 3.05) is 13.2 Å². The van der Waals surface area contributed by atoms with Gasteiger partial charge < -0.3 is 9.16 Å². The number of cyclic esters (lactones) is 1. The predicted octanol–water partition coefficient (Wildman–Crippen LogP) is 6.92. The lowest BCUT2D eigenvalue weighted by atomic mass is 9.94. The summed E-state index contributed by atoms with van der Waals surface area (Å²) in [6.45, 7) is 10.6. The third-order valence-corrected chi connectivity index (χ3v) is 11.4. The normalized spacial score (nSPS) is 17.9. The van der Waals surface area contributed by atoms with Crippen molar-refractivity contribution in [3.63, 3.8) is 0 Å². The minimum absolute atomic E-state index is 0.0556. The summed E-state index contributed by atoms with van der Waals surface area (Å²) in [5.41, 5.74) is 0.563. The Morgan fingerprint density at radius 3 is 2.23 bits per heavy atom. The number of nitrogens with zero attached hydrogens (tertiary/aromatic N) is 1. The zero-order chi connectivity index (χ0) is 26.0. The second-order valence-corrected chi connectivity index (χ2v) is 15.2. The van der Waals surface area contributed by atoms with Gasteiger partial charge in [-0.1, -0.05) is 63.2 Å². The Kier molecular flexibility index (Phi) is 7.81. The van der Waals surface area contributed by atoms with Gasteiger partial charge in [0.25, 0.3) is 0 Å². The van der Waals surface area contributed by atoms with Crippen LogP contribution < -0.4 is 0 Å². The Labute approximate surface area is 205 Å². The summed E-state index contributed by atoms with van der Waals surface area (Å²) in [6.07, 6.45) is -5.28. The van der Waals surface area contributed by atoms with E-state index in [0.29, 0.717) is 5.56 Å². The highest BCUT2D eigenvalue weighted by Crippen LogP contribution is 2.38. The fourth-order valence-corrected chi connectivity index (χ4v) is 4.72. The molecule has 1 aliphatic rings. The van der Waals surface area contributed by atoms with Crippen molar-refractivity contribution < 1.29 is 31.9 Å². The Hall–Kier alpha value is -2.65. The zero-order valence-electron chi connectivity index (χ0n) is 20.7. The molecule has 9 heteroatoms. The number of amides is 2. The molecule has 1 heterocycles. The maximum Gasteiger partial charge on any atom is 0.417 e. The number of imide groups is 1. The molecule has 3 rings (SSSR count). The molecule has 2 amide bonds. The minimum Gasteiger partial charge on any atom is -0.446 e. The van der Waals surface area contributed by atoms with E-state index in [1.807, 2.05) is 30.3 Å². The molecule has 0 unspecified atom stereocenters. The van der Waals surface area contributed by atoms with Crippen LogP contribution >= 0.6 is 0 Å². The van der Waals surface area contributed by atoms with Crippen LogP contribution in [-0.2, 0) is 20.1 Å². The number of benzene rings is 2. The molecule has 0 aliphatic carbocycles. The van der Waals surface area contributed by atoms with E-state index in [9.17, 15) is 22.8 Å². The van der Waals surface area contributed by atoms with Gasteiger partial charge in [0.15, 0.2) is 8.32 Å². The summed E-state index contributed by atoms with van der Waals surface area (Å²) in [5, 5.41) is -0.0845. The highest BCUT2D eigenvalue weighted by molar-refractivity contribution is 6.74. The Bertz CT molecular complexity index is 1030. The van der Waals surface area contributed by atoms with Crippen LogP contribution in [0.3, 0.4) is 0 Å².